The summed E-state index contributed by atoms with van der Waals surface area (Å²) in [6.07, 6.45) is 1.41. The van der Waals surface area contributed by atoms with Crippen LogP contribution in [0.1, 0.15) is 11.1 Å². The van der Waals surface area contributed by atoms with Crippen molar-refractivity contribution in [3.63, 3.8) is 0 Å². The van der Waals surface area contributed by atoms with Crippen LogP contribution in [0.25, 0.3) is 6.08 Å². The number of carbonyl (C=O) groups excluding carboxylic acids is 2. The van der Waals surface area contributed by atoms with Crippen LogP contribution in [0.15, 0.2) is 72.3 Å². The van der Waals surface area contributed by atoms with Gasteiger partial charge in [-0.2, -0.15) is 0 Å². The third kappa shape index (κ3) is 5.06. The number of ether oxygens (including phenoxy) is 1. The van der Waals surface area contributed by atoms with Crippen LogP contribution in [0.3, 0.4) is 0 Å². The van der Waals surface area contributed by atoms with Crippen molar-refractivity contribution in [3.05, 3.63) is 99.3 Å². The lowest BCUT2D eigenvalue weighted by Crippen LogP contribution is -2.54. The zero-order chi connectivity index (χ0) is 23.5. The molecule has 1 saturated heterocycles. The molecule has 0 spiro atoms. The molecule has 1 aliphatic heterocycles. The van der Waals surface area contributed by atoms with Gasteiger partial charge in [-0.1, -0.05) is 53.5 Å². The molecule has 0 atom stereocenters. The topological polar surface area (TPSA) is 58.6 Å². The second kappa shape index (κ2) is 9.70. The summed E-state index contributed by atoms with van der Waals surface area (Å²) < 4.78 is 20.0. The summed E-state index contributed by atoms with van der Waals surface area (Å²) in [7, 11) is 0. The highest BCUT2D eigenvalue weighted by Crippen LogP contribution is 2.26. The Kier molecular flexibility index (Phi) is 6.74. The van der Waals surface area contributed by atoms with E-state index in [-0.39, 0.29) is 23.0 Å². The maximum atomic E-state index is 14.2. The maximum Gasteiger partial charge on any atom is 0.270 e. The number of carbonyl (C=O) groups is 2. The number of anilines is 1. The van der Waals surface area contributed by atoms with E-state index < -0.39 is 17.6 Å². The number of rotatable bonds is 5. The van der Waals surface area contributed by atoms with Crippen molar-refractivity contribution in [2.45, 2.75) is 6.61 Å². The molecule has 0 aliphatic carbocycles. The van der Waals surface area contributed by atoms with Crippen molar-refractivity contribution in [2.24, 2.45) is 0 Å². The molecule has 2 amide bonds. The first kappa shape index (κ1) is 22.9. The highest BCUT2D eigenvalue weighted by molar-refractivity contribution is 7.80. The first-order valence-electron chi connectivity index (χ1n) is 9.66. The molecule has 0 unspecified atom stereocenters. The van der Waals surface area contributed by atoms with Crippen LogP contribution >= 0.6 is 35.4 Å². The van der Waals surface area contributed by atoms with Gasteiger partial charge >= 0.3 is 0 Å². The highest BCUT2D eigenvalue weighted by atomic mass is 35.5. The van der Waals surface area contributed by atoms with Gasteiger partial charge in [0.15, 0.2) is 5.11 Å². The largest absolute Gasteiger partial charge is 0.489 e. The number of para-hydroxylation sites is 1. The van der Waals surface area contributed by atoms with Gasteiger partial charge in [0.25, 0.3) is 11.8 Å². The van der Waals surface area contributed by atoms with Gasteiger partial charge in [0.2, 0.25) is 0 Å². The van der Waals surface area contributed by atoms with Gasteiger partial charge in [-0.05, 0) is 65.8 Å². The molecule has 33 heavy (non-hydrogen) atoms. The summed E-state index contributed by atoms with van der Waals surface area (Å²) >= 11 is 17.0. The summed E-state index contributed by atoms with van der Waals surface area (Å²) in [6, 6.07) is 17.7. The van der Waals surface area contributed by atoms with Crippen molar-refractivity contribution < 1.29 is 18.7 Å². The zero-order valence-electron chi connectivity index (χ0n) is 16.8. The van der Waals surface area contributed by atoms with Crippen molar-refractivity contribution in [2.75, 3.05) is 4.90 Å². The molecule has 0 bridgehead atoms. The van der Waals surface area contributed by atoms with Gasteiger partial charge in [0.05, 0.1) is 15.7 Å². The van der Waals surface area contributed by atoms with E-state index in [1.807, 2.05) is 6.07 Å². The van der Waals surface area contributed by atoms with Crippen LogP contribution in [-0.2, 0) is 16.2 Å². The van der Waals surface area contributed by atoms with Gasteiger partial charge in [0, 0.05) is 0 Å². The lowest BCUT2D eigenvalue weighted by Gasteiger charge is -2.29. The summed E-state index contributed by atoms with van der Waals surface area (Å²) in [5.41, 5.74) is 1.22. The Balaban J connectivity index is 1.52. The summed E-state index contributed by atoms with van der Waals surface area (Å²) in [4.78, 5) is 26.3. The van der Waals surface area contributed by atoms with Gasteiger partial charge < -0.3 is 4.74 Å². The van der Waals surface area contributed by atoms with E-state index in [1.54, 1.807) is 42.5 Å². The quantitative estimate of drug-likeness (QED) is 0.283. The Morgan fingerprint density at radius 1 is 1.00 bits per heavy atom. The Bertz CT molecular complexity index is 1300. The minimum absolute atomic E-state index is 0.0375. The first-order chi connectivity index (χ1) is 15.8. The van der Waals surface area contributed by atoms with Crippen LogP contribution in [0.4, 0.5) is 10.1 Å². The highest BCUT2D eigenvalue weighted by Gasteiger charge is 2.35. The SMILES string of the molecule is O=C1NC(=S)N(c2ccccc2F)C(=O)/C1=C/c1ccc(OCc2ccc(Cl)c(Cl)c2)cc1. The molecule has 0 radical (unpaired) electrons. The zero-order valence-corrected chi connectivity index (χ0v) is 19.2. The summed E-state index contributed by atoms with van der Waals surface area (Å²) in [5.74, 6) is -1.42. The average molecular weight is 501 g/mol. The molecule has 0 saturated carbocycles. The molecule has 166 valence electrons. The molecule has 1 heterocycles. The van der Waals surface area contributed by atoms with E-state index in [9.17, 15) is 14.0 Å². The molecule has 4 rings (SSSR count). The molecule has 1 fully saturated rings. The van der Waals surface area contributed by atoms with Crippen molar-refractivity contribution in [3.8, 4) is 5.75 Å². The molecule has 0 aromatic heterocycles. The number of nitrogens with one attached hydrogen (secondary N) is 1. The van der Waals surface area contributed by atoms with E-state index in [2.05, 4.69) is 5.32 Å². The van der Waals surface area contributed by atoms with Crippen LogP contribution in [0, 0.1) is 5.82 Å². The predicted octanol–water partition coefficient (Wildman–Crippen LogP) is 5.54. The smallest absolute Gasteiger partial charge is 0.270 e. The Morgan fingerprint density at radius 3 is 2.42 bits per heavy atom. The standard InChI is InChI=1S/C24H15Cl2FN2O3S/c25-18-10-7-15(12-19(18)26)13-32-16-8-5-14(6-9-16)11-17-22(30)28-24(33)29(23(17)31)21-4-2-1-3-20(21)27/h1-12H,13H2,(H,28,30,33)/b17-11+. The number of amides is 2. The number of hydrogen-bond acceptors (Lipinski definition) is 4. The van der Waals surface area contributed by atoms with Crippen LogP contribution < -0.4 is 15.0 Å². The normalized spacial score (nSPS) is 15.1. The van der Waals surface area contributed by atoms with E-state index in [0.717, 1.165) is 10.5 Å². The molecular formula is C24H15Cl2FN2O3S. The maximum absolute atomic E-state index is 14.2. The third-order valence-corrected chi connectivity index (χ3v) is 5.80. The predicted molar refractivity (Wildman–Crippen MR) is 130 cm³/mol. The van der Waals surface area contributed by atoms with Crippen LogP contribution in [0.5, 0.6) is 5.75 Å². The molecule has 3 aromatic carbocycles. The summed E-state index contributed by atoms with van der Waals surface area (Å²) in [6.45, 7) is 0.285. The minimum atomic E-state index is -0.714. The van der Waals surface area contributed by atoms with Crippen molar-refractivity contribution in [1.82, 2.24) is 5.32 Å². The number of nitrogens with zero attached hydrogens (tertiary/aromatic N) is 1. The number of thiocarbonyl (C=S) groups is 1. The lowest BCUT2D eigenvalue weighted by molar-refractivity contribution is -0.122. The van der Waals surface area contributed by atoms with E-state index >= 15 is 0 Å². The van der Waals surface area contributed by atoms with Crippen molar-refractivity contribution in [1.29, 1.82) is 0 Å². The second-order valence-electron chi connectivity index (χ2n) is 7.02. The number of benzene rings is 3. The van der Waals surface area contributed by atoms with Gasteiger partial charge in [-0.25, -0.2) is 9.29 Å². The van der Waals surface area contributed by atoms with Gasteiger partial charge in [-0.15, -0.1) is 0 Å². The van der Waals surface area contributed by atoms with Crippen molar-refractivity contribution >= 4 is 64.1 Å². The number of hydrogen-bond donors (Lipinski definition) is 1. The third-order valence-electron chi connectivity index (χ3n) is 4.78. The fraction of sp³-hybridized carbons (Fsp3) is 0.0417. The average Bonchev–Trinajstić information content (AvgIpc) is 2.79. The first-order valence-corrected chi connectivity index (χ1v) is 10.8. The summed E-state index contributed by atoms with van der Waals surface area (Å²) in [5, 5.41) is 3.16. The van der Waals surface area contributed by atoms with E-state index in [4.69, 9.17) is 40.2 Å². The molecule has 3 aromatic rings. The molecule has 9 heteroatoms. The monoisotopic (exact) mass is 500 g/mol. The minimum Gasteiger partial charge on any atom is -0.489 e. The molecule has 5 nitrogen and oxygen atoms in total. The molecule has 1 aliphatic rings. The van der Waals surface area contributed by atoms with E-state index in [1.165, 1.54) is 24.3 Å². The lowest BCUT2D eigenvalue weighted by atomic mass is 10.1. The van der Waals surface area contributed by atoms with Crippen LogP contribution in [-0.4, -0.2) is 16.9 Å². The fourth-order valence-electron chi connectivity index (χ4n) is 3.13. The Hall–Kier alpha value is -3.26. The molecule has 1 N–H and O–H groups in total. The molecular weight excluding hydrogens is 486 g/mol. The van der Waals surface area contributed by atoms with Gasteiger partial charge in [-0.3, -0.25) is 14.9 Å². The fourth-order valence-corrected chi connectivity index (χ4v) is 3.73. The second-order valence-corrected chi connectivity index (χ2v) is 8.22. The number of halogens is 3. The van der Waals surface area contributed by atoms with Crippen LogP contribution in [0.2, 0.25) is 10.0 Å². The Labute approximate surface area is 204 Å². The Morgan fingerprint density at radius 2 is 1.73 bits per heavy atom. The van der Waals surface area contributed by atoms with E-state index in [0.29, 0.717) is 21.4 Å². The van der Waals surface area contributed by atoms with Gasteiger partial charge in [0.1, 0.15) is 23.7 Å².